The maximum atomic E-state index is 9.01. The first-order valence-electron chi connectivity index (χ1n) is 5.17. The van der Waals surface area contributed by atoms with Gasteiger partial charge in [-0.2, -0.15) is 0 Å². The summed E-state index contributed by atoms with van der Waals surface area (Å²) >= 11 is 3.46. The van der Waals surface area contributed by atoms with E-state index in [-0.39, 0.29) is 6.61 Å². The van der Waals surface area contributed by atoms with Crippen LogP contribution in [0.3, 0.4) is 0 Å². The van der Waals surface area contributed by atoms with E-state index in [2.05, 4.69) is 28.9 Å². The van der Waals surface area contributed by atoms with Crippen molar-refractivity contribution in [2.45, 2.75) is 25.7 Å². The number of ether oxygens (including phenoxy) is 1. The molecule has 0 bridgehead atoms. The van der Waals surface area contributed by atoms with Gasteiger partial charge in [0.05, 0.1) is 7.11 Å². The molecule has 0 aliphatic rings. The van der Waals surface area contributed by atoms with Crippen molar-refractivity contribution >= 4 is 15.9 Å². The maximum absolute atomic E-state index is 9.01. The first-order valence-corrected chi connectivity index (χ1v) is 5.96. The number of methoxy groups -OCH3 is 1. The summed E-state index contributed by atoms with van der Waals surface area (Å²) in [4.78, 5) is 0. The lowest BCUT2D eigenvalue weighted by molar-refractivity contribution is 0.272. The fourth-order valence-electron chi connectivity index (χ4n) is 1.76. The predicted octanol–water partition coefficient (Wildman–Crippen LogP) is 3.33. The molecule has 3 heteroatoms. The summed E-state index contributed by atoms with van der Waals surface area (Å²) in [5, 5.41) is 9.01. The molecule has 1 aromatic carbocycles. The van der Waals surface area contributed by atoms with E-state index in [1.54, 1.807) is 7.11 Å². The first kappa shape index (κ1) is 12.5. The fourth-order valence-corrected chi connectivity index (χ4v) is 2.14. The van der Waals surface area contributed by atoms with Crippen LogP contribution in [0, 0.1) is 0 Å². The number of aliphatic hydroxyl groups is 1. The summed E-state index contributed by atoms with van der Waals surface area (Å²) in [5.41, 5.74) is 1.17. The molecule has 15 heavy (non-hydrogen) atoms. The molecular formula is C12H17BrO2. The summed E-state index contributed by atoms with van der Waals surface area (Å²) in [6.45, 7) is 2.34. The van der Waals surface area contributed by atoms with E-state index in [1.807, 2.05) is 12.1 Å². The van der Waals surface area contributed by atoms with Crippen molar-refractivity contribution in [1.82, 2.24) is 0 Å². The minimum atomic E-state index is 0.216. The molecule has 2 nitrogen and oxygen atoms in total. The molecule has 1 aromatic rings. The highest BCUT2D eigenvalue weighted by atomic mass is 79.9. The number of rotatable bonds is 5. The summed E-state index contributed by atoms with van der Waals surface area (Å²) in [6, 6.07) is 6.00. The third-order valence-corrected chi connectivity index (χ3v) is 3.10. The lowest BCUT2D eigenvalue weighted by atomic mass is 9.93. The molecular weight excluding hydrogens is 256 g/mol. The highest BCUT2D eigenvalue weighted by Crippen LogP contribution is 2.33. The van der Waals surface area contributed by atoms with Gasteiger partial charge in [0.15, 0.2) is 0 Å². The zero-order valence-corrected chi connectivity index (χ0v) is 10.8. The Morgan fingerprint density at radius 3 is 2.73 bits per heavy atom. The normalized spacial score (nSPS) is 12.5. The quantitative estimate of drug-likeness (QED) is 0.891. The lowest BCUT2D eigenvalue weighted by Crippen LogP contribution is -2.02. The van der Waals surface area contributed by atoms with E-state index < -0.39 is 0 Å². The van der Waals surface area contributed by atoms with Gasteiger partial charge in [-0.1, -0.05) is 22.9 Å². The zero-order chi connectivity index (χ0) is 11.3. The Balaban J connectivity index is 3.02. The SMILES string of the molecule is CCC(CCO)c1cc(Br)ccc1OC. The van der Waals surface area contributed by atoms with Crippen LogP contribution < -0.4 is 4.74 Å². The van der Waals surface area contributed by atoms with Crippen LogP contribution in [0.2, 0.25) is 0 Å². The third-order valence-electron chi connectivity index (χ3n) is 2.60. The Kier molecular flexibility index (Phi) is 5.12. The number of hydrogen-bond acceptors (Lipinski definition) is 2. The molecule has 0 aromatic heterocycles. The van der Waals surface area contributed by atoms with Crippen LogP contribution in [0.15, 0.2) is 22.7 Å². The number of aliphatic hydroxyl groups excluding tert-OH is 1. The summed E-state index contributed by atoms with van der Waals surface area (Å²) in [7, 11) is 1.68. The van der Waals surface area contributed by atoms with Crippen LogP contribution in [0.5, 0.6) is 5.75 Å². The Morgan fingerprint density at radius 2 is 2.20 bits per heavy atom. The largest absolute Gasteiger partial charge is 0.496 e. The van der Waals surface area contributed by atoms with Gasteiger partial charge in [0.2, 0.25) is 0 Å². The highest BCUT2D eigenvalue weighted by molar-refractivity contribution is 9.10. The molecule has 0 fully saturated rings. The highest BCUT2D eigenvalue weighted by Gasteiger charge is 2.14. The molecule has 0 aliphatic carbocycles. The van der Waals surface area contributed by atoms with E-state index in [4.69, 9.17) is 9.84 Å². The minimum Gasteiger partial charge on any atom is -0.496 e. The Labute approximate surface area is 99.4 Å². The Hall–Kier alpha value is -0.540. The van der Waals surface area contributed by atoms with E-state index in [0.717, 1.165) is 23.1 Å². The van der Waals surface area contributed by atoms with Crippen LogP contribution in [0.25, 0.3) is 0 Å². The zero-order valence-electron chi connectivity index (χ0n) is 9.16. The van der Waals surface area contributed by atoms with E-state index >= 15 is 0 Å². The van der Waals surface area contributed by atoms with Crippen molar-refractivity contribution in [3.05, 3.63) is 28.2 Å². The van der Waals surface area contributed by atoms with Gasteiger partial charge in [-0.3, -0.25) is 0 Å². The van der Waals surface area contributed by atoms with Crippen LogP contribution in [0.4, 0.5) is 0 Å². The van der Waals surface area contributed by atoms with Crippen molar-refractivity contribution in [1.29, 1.82) is 0 Å². The number of halogens is 1. The van der Waals surface area contributed by atoms with Crippen LogP contribution in [0.1, 0.15) is 31.2 Å². The molecule has 1 rings (SSSR count). The van der Waals surface area contributed by atoms with Gasteiger partial charge in [0.25, 0.3) is 0 Å². The molecule has 1 atom stereocenters. The van der Waals surface area contributed by atoms with Gasteiger partial charge in [-0.25, -0.2) is 0 Å². The van der Waals surface area contributed by atoms with Gasteiger partial charge < -0.3 is 9.84 Å². The van der Waals surface area contributed by atoms with E-state index in [1.165, 1.54) is 5.56 Å². The van der Waals surface area contributed by atoms with Crippen molar-refractivity contribution in [2.24, 2.45) is 0 Å². The standard InChI is InChI=1S/C12H17BrO2/c1-3-9(6-7-14)11-8-10(13)4-5-12(11)15-2/h4-5,8-9,14H,3,6-7H2,1-2H3. The van der Waals surface area contributed by atoms with Crippen molar-refractivity contribution in [2.75, 3.05) is 13.7 Å². The van der Waals surface area contributed by atoms with E-state index in [0.29, 0.717) is 5.92 Å². The third kappa shape index (κ3) is 3.21. The van der Waals surface area contributed by atoms with E-state index in [9.17, 15) is 0 Å². The molecule has 1 N–H and O–H groups in total. The molecule has 84 valence electrons. The number of benzene rings is 1. The second-order valence-electron chi connectivity index (χ2n) is 3.50. The molecule has 0 saturated carbocycles. The minimum absolute atomic E-state index is 0.216. The Bertz CT molecular complexity index is 312. The van der Waals surface area contributed by atoms with Gasteiger partial charge in [0, 0.05) is 11.1 Å². The average Bonchev–Trinajstić information content (AvgIpc) is 2.26. The molecule has 0 heterocycles. The second-order valence-corrected chi connectivity index (χ2v) is 4.42. The van der Waals surface area contributed by atoms with Crippen molar-refractivity contribution < 1.29 is 9.84 Å². The Morgan fingerprint density at radius 1 is 1.47 bits per heavy atom. The molecule has 0 radical (unpaired) electrons. The predicted molar refractivity (Wildman–Crippen MR) is 65.4 cm³/mol. The second kappa shape index (κ2) is 6.13. The lowest BCUT2D eigenvalue weighted by Gasteiger charge is -2.17. The van der Waals surface area contributed by atoms with Gasteiger partial charge in [-0.05, 0) is 42.5 Å². The average molecular weight is 273 g/mol. The molecule has 0 aliphatic heterocycles. The van der Waals surface area contributed by atoms with Gasteiger partial charge in [-0.15, -0.1) is 0 Å². The summed E-state index contributed by atoms with van der Waals surface area (Å²) < 4.78 is 6.38. The number of hydrogen-bond donors (Lipinski definition) is 1. The molecule has 0 amide bonds. The van der Waals surface area contributed by atoms with Crippen LogP contribution in [-0.4, -0.2) is 18.8 Å². The maximum Gasteiger partial charge on any atom is 0.122 e. The van der Waals surface area contributed by atoms with Gasteiger partial charge in [0.1, 0.15) is 5.75 Å². The van der Waals surface area contributed by atoms with Gasteiger partial charge >= 0.3 is 0 Å². The van der Waals surface area contributed by atoms with Crippen LogP contribution >= 0.6 is 15.9 Å². The van der Waals surface area contributed by atoms with Crippen molar-refractivity contribution in [3.8, 4) is 5.75 Å². The molecule has 0 spiro atoms. The summed E-state index contributed by atoms with van der Waals surface area (Å²) in [6.07, 6.45) is 1.79. The smallest absolute Gasteiger partial charge is 0.122 e. The van der Waals surface area contributed by atoms with Crippen LogP contribution in [-0.2, 0) is 0 Å². The first-order chi connectivity index (χ1) is 7.22. The fraction of sp³-hybridized carbons (Fsp3) is 0.500. The monoisotopic (exact) mass is 272 g/mol. The van der Waals surface area contributed by atoms with Crippen molar-refractivity contribution in [3.63, 3.8) is 0 Å². The summed E-state index contributed by atoms with van der Waals surface area (Å²) in [5.74, 6) is 1.26. The molecule has 0 saturated heterocycles. The molecule has 1 unspecified atom stereocenters. The topological polar surface area (TPSA) is 29.5 Å².